The third-order valence-electron chi connectivity index (χ3n) is 4.79. The van der Waals surface area contributed by atoms with Crippen molar-refractivity contribution >= 4 is 17.7 Å². The van der Waals surface area contributed by atoms with E-state index in [2.05, 4.69) is 9.88 Å². The number of rotatable bonds is 2. The zero-order valence-electron chi connectivity index (χ0n) is 14.7. The number of aromatic nitrogens is 1. The Hall–Kier alpha value is -1.33. The second-order valence-electron chi connectivity index (χ2n) is 8.10. The highest BCUT2D eigenvalue weighted by Gasteiger charge is 2.45. The predicted molar refractivity (Wildman–Crippen MR) is 94.0 cm³/mol. The molecule has 3 rings (SSSR count). The molecule has 0 radical (unpaired) electrons. The Kier molecular flexibility index (Phi) is 4.76. The van der Waals surface area contributed by atoms with Crippen molar-refractivity contribution in [2.45, 2.75) is 45.8 Å². The van der Waals surface area contributed by atoms with Gasteiger partial charge in [-0.2, -0.15) is 0 Å². The molecule has 2 fully saturated rings. The first-order valence-electron chi connectivity index (χ1n) is 8.56. The minimum absolute atomic E-state index is 0.180. The number of piperidine rings is 1. The van der Waals surface area contributed by atoms with Crippen LogP contribution in [0, 0.1) is 5.41 Å². The van der Waals surface area contributed by atoms with Crippen LogP contribution < -0.4 is 0 Å². The van der Waals surface area contributed by atoms with Crippen molar-refractivity contribution in [2.75, 3.05) is 26.2 Å². The minimum atomic E-state index is -0.425. The van der Waals surface area contributed by atoms with Crippen molar-refractivity contribution < 1.29 is 9.53 Å². The van der Waals surface area contributed by atoms with Crippen molar-refractivity contribution in [3.05, 3.63) is 29.0 Å². The number of carbonyl (C=O) groups is 1. The van der Waals surface area contributed by atoms with E-state index in [-0.39, 0.29) is 6.09 Å². The highest BCUT2D eigenvalue weighted by Crippen LogP contribution is 2.41. The molecule has 6 heteroatoms. The average molecular weight is 352 g/mol. The van der Waals surface area contributed by atoms with Gasteiger partial charge in [-0.15, -0.1) is 0 Å². The number of hydrogen-bond donors (Lipinski definition) is 0. The molecule has 24 heavy (non-hydrogen) atoms. The molecule has 0 aromatic carbocycles. The van der Waals surface area contributed by atoms with Gasteiger partial charge in [0.2, 0.25) is 0 Å². The molecule has 0 saturated carbocycles. The summed E-state index contributed by atoms with van der Waals surface area (Å²) < 4.78 is 5.47. The molecule has 0 atom stereocenters. The Balaban J connectivity index is 1.45. The van der Waals surface area contributed by atoms with Crippen LogP contribution in [0.5, 0.6) is 0 Å². The predicted octanol–water partition coefficient (Wildman–Crippen LogP) is 3.57. The maximum Gasteiger partial charge on any atom is 0.410 e. The summed E-state index contributed by atoms with van der Waals surface area (Å²) in [6.07, 6.45) is 3.78. The molecule has 2 aliphatic heterocycles. The first-order chi connectivity index (χ1) is 11.2. The first-order valence-corrected chi connectivity index (χ1v) is 8.93. The van der Waals surface area contributed by atoms with E-state index in [1.165, 1.54) is 5.56 Å². The molecule has 0 unspecified atom stereocenters. The van der Waals surface area contributed by atoms with Gasteiger partial charge in [0.15, 0.2) is 0 Å². The highest BCUT2D eigenvalue weighted by atomic mass is 35.5. The van der Waals surface area contributed by atoms with E-state index < -0.39 is 5.60 Å². The van der Waals surface area contributed by atoms with Gasteiger partial charge in [-0.05, 0) is 50.7 Å². The van der Waals surface area contributed by atoms with Crippen molar-refractivity contribution in [3.8, 4) is 0 Å². The van der Waals surface area contributed by atoms with E-state index in [1.807, 2.05) is 44.0 Å². The fraction of sp³-hybridized carbons (Fsp3) is 0.667. The average Bonchev–Trinajstić information content (AvgIpc) is 2.47. The van der Waals surface area contributed by atoms with Gasteiger partial charge in [0.1, 0.15) is 10.8 Å². The third kappa shape index (κ3) is 4.19. The zero-order chi connectivity index (χ0) is 17.4. The van der Waals surface area contributed by atoms with E-state index in [0.29, 0.717) is 10.6 Å². The summed E-state index contributed by atoms with van der Waals surface area (Å²) in [5.41, 5.74) is 1.14. The summed E-state index contributed by atoms with van der Waals surface area (Å²) in [6.45, 7) is 10.4. The second-order valence-corrected chi connectivity index (χ2v) is 8.49. The Morgan fingerprint density at radius 1 is 1.29 bits per heavy atom. The van der Waals surface area contributed by atoms with Gasteiger partial charge in [0, 0.05) is 38.9 Å². The van der Waals surface area contributed by atoms with Crippen LogP contribution in [-0.4, -0.2) is 52.7 Å². The maximum absolute atomic E-state index is 12.1. The van der Waals surface area contributed by atoms with Gasteiger partial charge in [0.25, 0.3) is 0 Å². The molecule has 132 valence electrons. The number of halogens is 1. The first kappa shape index (κ1) is 17.5. The Morgan fingerprint density at radius 3 is 2.50 bits per heavy atom. The largest absolute Gasteiger partial charge is 0.444 e. The van der Waals surface area contributed by atoms with Gasteiger partial charge < -0.3 is 9.64 Å². The third-order valence-corrected chi connectivity index (χ3v) is 5.01. The lowest BCUT2D eigenvalue weighted by Crippen LogP contribution is -2.60. The van der Waals surface area contributed by atoms with Gasteiger partial charge >= 0.3 is 6.09 Å². The smallest absolute Gasteiger partial charge is 0.410 e. The van der Waals surface area contributed by atoms with E-state index in [9.17, 15) is 4.79 Å². The molecule has 2 saturated heterocycles. The van der Waals surface area contributed by atoms with Crippen LogP contribution >= 0.6 is 11.6 Å². The van der Waals surface area contributed by atoms with Crippen LogP contribution in [0.15, 0.2) is 18.3 Å². The lowest BCUT2D eigenvalue weighted by molar-refractivity contribution is -0.0551. The zero-order valence-corrected chi connectivity index (χ0v) is 15.5. The molecule has 1 aromatic rings. The van der Waals surface area contributed by atoms with Crippen LogP contribution in [-0.2, 0) is 11.3 Å². The minimum Gasteiger partial charge on any atom is -0.444 e. The number of carbonyl (C=O) groups excluding carboxylic acids is 1. The molecule has 0 bridgehead atoms. The summed E-state index contributed by atoms with van der Waals surface area (Å²) in [6, 6.07) is 3.87. The number of hydrogen-bond acceptors (Lipinski definition) is 4. The van der Waals surface area contributed by atoms with E-state index in [4.69, 9.17) is 16.3 Å². The number of ether oxygens (including phenoxy) is 1. The standard InChI is InChI=1S/C18H26ClN3O2/c1-17(2,3)24-16(23)22-8-6-18(7-9-22)12-21(13-18)11-14-4-5-15(19)20-10-14/h4-5,10H,6-9,11-13H2,1-3H3. The van der Waals surface area contributed by atoms with Crippen molar-refractivity contribution in [2.24, 2.45) is 5.41 Å². The van der Waals surface area contributed by atoms with E-state index in [0.717, 1.165) is 45.6 Å². The van der Waals surface area contributed by atoms with Gasteiger partial charge in [-0.1, -0.05) is 17.7 Å². The summed E-state index contributed by atoms with van der Waals surface area (Å²) in [4.78, 5) is 20.6. The number of pyridine rings is 1. The van der Waals surface area contributed by atoms with Crippen LogP contribution in [0.25, 0.3) is 0 Å². The Labute approximate surface area is 148 Å². The SMILES string of the molecule is CC(C)(C)OC(=O)N1CCC2(CC1)CN(Cc1ccc(Cl)nc1)C2. The van der Waals surface area contributed by atoms with Gasteiger partial charge in [-0.3, -0.25) is 4.90 Å². The van der Waals surface area contributed by atoms with Gasteiger partial charge in [-0.25, -0.2) is 9.78 Å². The van der Waals surface area contributed by atoms with Crippen LogP contribution in [0.2, 0.25) is 5.15 Å². The Bertz CT molecular complexity index is 581. The molecule has 3 heterocycles. The highest BCUT2D eigenvalue weighted by molar-refractivity contribution is 6.29. The molecular weight excluding hydrogens is 326 g/mol. The fourth-order valence-corrected chi connectivity index (χ4v) is 3.69. The molecule has 1 aromatic heterocycles. The number of likely N-dealkylation sites (tertiary alicyclic amines) is 2. The van der Waals surface area contributed by atoms with E-state index >= 15 is 0 Å². The summed E-state index contributed by atoms with van der Waals surface area (Å²) in [7, 11) is 0. The summed E-state index contributed by atoms with van der Waals surface area (Å²) >= 11 is 5.82. The molecule has 0 aliphatic carbocycles. The van der Waals surface area contributed by atoms with Crippen molar-refractivity contribution in [1.82, 2.24) is 14.8 Å². The molecule has 1 spiro atoms. The number of amides is 1. The molecule has 5 nitrogen and oxygen atoms in total. The molecule has 2 aliphatic rings. The topological polar surface area (TPSA) is 45.7 Å². The van der Waals surface area contributed by atoms with Crippen molar-refractivity contribution in [3.63, 3.8) is 0 Å². The molecular formula is C18H26ClN3O2. The lowest BCUT2D eigenvalue weighted by atomic mass is 9.72. The normalized spacial score (nSPS) is 20.8. The summed E-state index contributed by atoms with van der Waals surface area (Å²) in [5, 5.41) is 0.536. The number of nitrogens with zero attached hydrogens (tertiary/aromatic N) is 3. The summed E-state index contributed by atoms with van der Waals surface area (Å²) in [5.74, 6) is 0. The quantitative estimate of drug-likeness (QED) is 0.764. The van der Waals surface area contributed by atoms with Crippen molar-refractivity contribution in [1.29, 1.82) is 0 Å². The second kappa shape index (κ2) is 6.52. The van der Waals surface area contributed by atoms with Crippen LogP contribution in [0.1, 0.15) is 39.2 Å². The van der Waals surface area contributed by atoms with Crippen LogP contribution in [0.4, 0.5) is 4.79 Å². The van der Waals surface area contributed by atoms with Gasteiger partial charge in [0.05, 0.1) is 0 Å². The molecule has 1 amide bonds. The fourth-order valence-electron chi connectivity index (χ4n) is 3.58. The van der Waals surface area contributed by atoms with Crippen LogP contribution in [0.3, 0.4) is 0 Å². The maximum atomic E-state index is 12.1. The monoisotopic (exact) mass is 351 g/mol. The lowest BCUT2D eigenvalue weighted by Gasteiger charge is -2.54. The van der Waals surface area contributed by atoms with E-state index in [1.54, 1.807) is 0 Å². The molecule has 0 N–H and O–H groups in total. The Morgan fingerprint density at radius 2 is 1.96 bits per heavy atom.